The zero-order valence-corrected chi connectivity index (χ0v) is 13.1. The maximum atomic E-state index is 6.11. The second-order valence-corrected chi connectivity index (χ2v) is 5.58. The molecule has 106 valence electrons. The van der Waals surface area contributed by atoms with Gasteiger partial charge in [-0.15, -0.1) is 11.6 Å². The van der Waals surface area contributed by atoms with Gasteiger partial charge in [-0.2, -0.15) is 0 Å². The van der Waals surface area contributed by atoms with Gasteiger partial charge >= 0.3 is 0 Å². The standard InChI is InChI=1S/C16H17Cl2NO/c1-11(2)15-7-12(9-17)8-16(19-15)20-10-13-5-3-4-6-14(13)18/h3-8,11H,9-10H2,1-2H3. The second kappa shape index (κ2) is 6.96. The molecule has 2 aromatic rings. The van der Waals surface area contributed by atoms with E-state index < -0.39 is 0 Å². The third kappa shape index (κ3) is 3.87. The molecule has 0 bridgehead atoms. The first kappa shape index (κ1) is 15.1. The Balaban J connectivity index is 2.17. The Morgan fingerprint density at radius 1 is 1.20 bits per heavy atom. The number of ether oxygens (including phenoxy) is 1. The molecule has 0 unspecified atom stereocenters. The Labute approximate surface area is 129 Å². The van der Waals surface area contributed by atoms with E-state index in [0.717, 1.165) is 16.8 Å². The van der Waals surface area contributed by atoms with Gasteiger partial charge in [0.2, 0.25) is 5.88 Å². The molecule has 0 aliphatic rings. The third-order valence-electron chi connectivity index (χ3n) is 2.96. The quantitative estimate of drug-likeness (QED) is 0.710. The first-order chi connectivity index (χ1) is 9.60. The van der Waals surface area contributed by atoms with Gasteiger partial charge in [0.1, 0.15) is 6.61 Å². The van der Waals surface area contributed by atoms with Crippen LogP contribution < -0.4 is 4.74 Å². The molecular weight excluding hydrogens is 293 g/mol. The Kier molecular flexibility index (Phi) is 5.27. The Bertz CT molecular complexity index is 584. The lowest BCUT2D eigenvalue weighted by atomic mass is 10.1. The molecule has 1 heterocycles. The van der Waals surface area contributed by atoms with E-state index in [9.17, 15) is 0 Å². The van der Waals surface area contributed by atoms with Crippen molar-refractivity contribution in [2.45, 2.75) is 32.3 Å². The average Bonchev–Trinajstić information content (AvgIpc) is 2.46. The van der Waals surface area contributed by atoms with Gasteiger partial charge in [-0.05, 0) is 23.6 Å². The minimum absolute atomic E-state index is 0.334. The zero-order chi connectivity index (χ0) is 14.5. The lowest BCUT2D eigenvalue weighted by Crippen LogP contribution is -2.02. The van der Waals surface area contributed by atoms with Crippen LogP contribution in [-0.2, 0) is 12.5 Å². The van der Waals surface area contributed by atoms with Crippen LogP contribution in [0.2, 0.25) is 5.02 Å². The number of nitrogens with zero attached hydrogens (tertiary/aromatic N) is 1. The number of alkyl halides is 1. The number of pyridine rings is 1. The fourth-order valence-electron chi connectivity index (χ4n) is 1.80. The Morgan fingerprint density at radius 3 is 2.60 bits per heavy atom. The highest BCUT2D eigenvalue weighted by molar-refractivity contribution is 6.31. The number of rotatable bonds is 5. The largest absolute Gasteiger partial charge is 0.473 e. The summed E-state index contributed by atoms with van der Waals surface area (Å²) in [5.41, 5.74) is 2.94. The van der Waals surface area contributed by atoms with Crippen LogP contribution >= 0.6 is 23.2 Å². The molecule has 4 heteroatoms. The summed E-state index contributed by atoms with van der Waals surface area (Å²) in [6.07, 6.45) is 0. The van der Waals surface area contributed by atoms with Gasteiger partial charge in [-0.1, -0.05) is 43.6 Å². The Hall–Kier alpha value is -1.25. The first-order valence-electron chi connectivity index (χ1n) is 6.53. The SMILES string of the molecule is CC(C)c1cc(CCl)cc(OCc2ccccc2Cl)n1. The van der Waals surface area contributed by atoms with Crippen molar-refractivity contribution in [1.82, 2.24) is 4.98 Å². The Morgan fingerprint density at radius 2 is 1.95 bits per heavy atom. The van der Waals surface area contributed by atoms with E-state index in [2.05, 4.69) is 18.8 Å². The van der Waals surface area contributed by atoms with Crippen molar-refractivity contribution in [3.63, 3.8) is 0 Å². The van der Waals surface area contributed by atoms with Crippen LogP contribution in [0.15, 0.2) is 36.4 Å². The molecule has 0 aliphatic heterocycles. The van der Waals surface area contributed by atoms with Crippen molar-refractivity contribution in [1.29, 1.82) is 0 Å². The van der Waals surface area contributed by atoms with Crippen LogP contribution in [0.25, 0.3) is 0 Å². The number of hydrogen-bond donors (Lipinski definition) is 0. The third-order valence-corrected chi connectivity index (χ3v) is 3.64. The molecule has 0 saturated heterocycles. The number of aromatic nitrogens is 1. The predicted molar refractivity (Wildman–Crippen MR) is 83.7 cm³/mol. The number of halogens is 2. The molecule has 2 rings (SSSR count). The minimum Gasteiger partial charge on any atom is -0.473 e. The van der Waals surface area contributed by atoms with Gasteiger partial charge in [-0.25, -0.2) is 4.98 Å². The van der Waals surface area contributed by atoms with E-state index in [1.807, 2.05) is 36.4 Å². The molecular formula is C16H17Cl2NO. The monoisotopic (exact) mass is 309 g/mol. The smallest absolute Gasteiger partial charge is 0.214 e. The van der Waals surface area contributed by atoms with Crippen LogP contribution in [0.4, 0.5) is 0 Å². The van der Waals surface area contributed by atoms with Gasteiger partial charge in [0.25, 0.3) is 0 Å². The van der Waals surface area contributed by atoms with Gasteiger partial charge < -0.3 is 4.74 Å². The van der Waals surface area contributed by atoms with E-state index in [-0.39, 0.29) is 0 Å². The average molecular weight is 310 g/mol. The molecule has 0 radical (unpaired) electrons. The van der Waals surface area contributed by atoms with Gasteiger partial charge in [0.15, 0.2) is 0 Å². The molecule has 2 nitrogen and oxygen atoms in total. The molecule has 0 saturated carbocycles. The zero-order valence-electron chi connectivity index (χ0n) is 11.6. The molecule has 0 aliphatic carbocycles. The maximum absolute atomic E-state index is 6.11. The van der Waals surface area contributed by atoms with Crippen molar-refractivity contribution in [2.75, 3.05) is 0 Å². The number of benzene rings is 1. The van der Waals surface area contributed by atoms with E-state index in [1.165, 1.54) is 0 Å². The van der Waals surface area contributed by atoms with Gasteiger partial charge in [-0.3, -0.25) is 0 Å². The van der Waals surface area contributed by atoms with Crippen LogP contribution in [0.5, 0.6) is 5.88 Å². The molecule has 0 atom stereocenters. The second-order valence-electron chi connectivity index (χ2n) is 4.91. The lowest BCUT2D eigenvalue weighted by molar-refractivity contribution is 0.292. The fraction of sp³-hybridized carbons (Fsp3) is 0.312. The van der Waals surface area contributed by atoms with Crippen molar-refractivity contribution < 1.29 is 4.74 Å². The summed E-state index contributed by atoms with van der Waals surface area (Å²) in [5.74, 6) is 1.37. The normalized spacial score (nSPS) is 10.8. The van der Waals surface area contributed by atoms with Crippen LogP contribution in [0.1, 0.15) is 36.6 Å². The lowest BCUT2D eigenvalue weighted by Gasteiger charge is -2.11. The van der Waals surface area contributed by atoms with Crippen molar-refractivity contribution in [2.24, 2.45) is 0 Å². The summed E-state index contributed by atoms with van der Waals surface area (Å²) in [5, 5.41) is 0.699. The van der Waals surface area contributed by atoms with E-state index in [4.69, 9.17) is 27.9 Å². The minimum atomic E-state index is 0.334. The fourth-order valence-corrected chi connectivity index (χ4v) is 2.14. The molecule has 1 aromatic carbocycles. The van der Waals surface area contributed by atoms with Crippen molar-refractivity contribution in [3.05, 3.63) is 58.2 Å². The molecule has 0 fully saturated rings. The van der Waals surface area contributed by atoms with Gasteiger partial charge in [0.05, 0.1) is 0 Å². The summed E-state index contributed by atoms with van der Waals surface area (Å²) in [6.45, 7) is 4.59. The highest BCUT2D eigenvalue weighted by Crippen LogP contribution is 2.22. The van der Waals surface area contributed by atoms with E-state index in [1.54, 1.807) is 0 Å². The molecule has 0 amide bonds. The highest BCUT2D eigenvalue weighted by Gasteiger charge is 2.08. The van der Waals surface area contributed by atoms with Crippen LogP contribution in [0, 0.1) is 0 Å². The highest BCUT2D eigenvalue weighted by atomic mass is 35.5. The predicted octanol–water partition coefficient (Wildman–Crippen LogP) is 5.18. The van der Waals surface area contributed by atoms with E-state index >= 15 is 0 Å². The summed E-state index contributed by atoms with van der Waals surface area (Å²) < 4.78 is 5.75. The first-order valence-corrected chi connectivity index (χ1v) is 7.44. The van der Waals surface area contributed by atoms with Crippen molar-refractivity contribution >= 4 is 23.2 Å². The molecule has 1 aromatic heterocycles. The summed E-state index contributed by atoms with van der Waals surface area (Å²) in [7, 11) is 0. The summed E-state index contributed by atoms with van der Waals surface area (Å²) in [4.78, 5) is 4.50. The van der Waals surface area contributed by atoms with Crippen LogP contribution in [0.3, 0.4) is 0 Å². The topological polar surface area (TPSA) is 22.1 Å². The van der Waals surface area contributed by atoms with Crippen LogP contribution in [-0.4, -0.2) is 4.98 Å². The molecule has 0 N–H and O–H groups in total. The van der Waals surface area contributed by atoms with E-state index in [0.29, 0.717) is 29.3 Å². The van der Waals surface area contributed by atoms with Crippen molar-refractivity contribution in [3.8, 4) is 5.88 Å². The number of hydrogen-bond acceptors (Lipinski definition) is 2. The summed E-state index contributed by atoms with van der Waals surface area (Å²) >= 11 is 12.0. The van der Waals surface area contributed by atoms with Gasteiger partial charge in [0, 0.05) is 28.2 Å². The maximum Gasteiger partial charge on any atom is 0.214 e. The summed E-state index contributed by atoms with van der Waals surface area (Å²) in [6, 6.07) is 11.5. The molecule has 20 heavy (non-hydrogen) atoms. The molecule has 0 spiro atoms.